The van der Waals surface area contributed by atoms with Crippen molar-refractivity contribution in [2.45, 2.75) is 25.8 Å². The molecule has 1 heterocycles. The van der Waals surface area contributed by atoms with Gasteiger partial charge in [-0.25, -0.2) is 0 Å². The first-order valence-electron chi connectivity index (χ1n) is 7.24. The summed E-state index contributed by atoms with van der Waals surface area (Å²) in [5.74, 6) is 1.68. The maximum atomic E-state index is 5.17. The first kappa shape index (κ1) is 14.4. The number of hydrogen-bond acceptors (Lipinski definition) is 3. The number of hydrogen-bond donors (Lipinski definition) is 1. The minimum Gasteiger partial charge on any atom is -0.497 e. The minimum absolute atomic E-state index is 0.675. The second-order valence-corrected chi connectivity index (χ2v) is 5.69. The van der Waals surface area contributed by atoms with E-state index < -0.39 is 0 Å². The van der Waals surface area contributed by atoms with Crippen molar-refractivity contribution in [3.63, 3.8) is 0 Å². The molecular weight excluding hydrogens is 236 g/mol. The van der Waals surface area contributed by atoms with Crippen LogP contribution in [-0.2, 0) is 6.42 Å². The number of piperidine rings is 1. The molecule has 2 unspecified atom stereocenters. The Bertz CT molecular complexity index is 377. The molecule has 0 aliphatic carbocycles. The Morgan fingerprint density at radius 3 is 2.68 bits per heavy atom. The standard InChI is InChI=1S/C16H26N2O/c1-13-12-18(2)11-9-16(13)17-10-8-14-4-6-15(19-3)7-5-14/h4-7,13,16-17H,8-12H2,1-3H3. The van der Waals surface area contributed by atoms with E-state index in [1.807, 2.05) is 12.1 Å². The second kappa shape index (κ2) is 6.92. The van der Waals surface area contributed by atoms with E-state index in [2.05, 4.69) is 36.3 Å². The lowest BCUT2D eigenvalue weighted by atomic mass is 9.94. The van der Waals surface area contributed by atoms with Crippen molar-refractivity contribution in [2.75, 3.05) is 33.8 Å². The van der Waals surface area contributed by atoms with Gasteiger partial charge in [0.1, 0.15) is 5.75 Å². The SMILES string of the molecule is COc1ccc(CCNC2CCN(C)CC2C)cc1. The molecular formula is C16H26N2O. The fraction of sp³-hybridized carbons (Fsp3) is 0.625. The summed E-state index contributed by atoms with van der Waals surface area (Å²) in [6.07, 6.45) is 2.35. The van der Waals surface area contributed by atoms with Crippen LogP contribution >= 0.6 is 0 Å². The Morgan fingerprint density at radius 1 is 1.32 bits per heavy atom. The first-order chi connectivity index (χ1) is 9.19. The molecule has 1 aliphatic rings. The number of ether oxygens (including phenoxy) is 1. The van der Waals surface area contributed by atoms with Gasteiger partial charge in [0, 0.05) is 12.6 Å². The average molecular weight is 262 g/mol. The van der Waals surface area contributed by atoms with Gasteiger partial charge in [0.25, 0.3) is 0 Å². The minimum atomic E-state index is 0.675. The number of rotatable bonds is 5. The highest BCUT2D eigenvalue weighted by molar-refractivity contribution is 5.27. The molecule has 3 nitrogen and oxygen atoms in total. The van der Waals surface area contributed by atoms with Crippen LogP contribution in [0.5, 0.6) is 5.75 Å². The topological polar surface area (TPSA) is 24.5 Å². The summed E-state index contributed by atoms with van der Waals surface area (Å²) >= 11 is 0. The predicted octanol–water partition coefficient (Wildman–Crippen LogP) is 2.17. The van der Waals surface area contributed by atoms with E-state index in [9.17, 15) is 0 Å². The highest BCUT2D eigenvalue weighted by Crippen LogP contribution is 2.15. The third-order valence-electron chi connectivity index (χ3n) is 4.09. The zero-order chi connectivity index (χ0) is 13.7. The molecule has 2 atom stereocenters. The number of nitrogens with zero attached hydrogens (tertiary/aromatic N) is 1. The summed E-state index contributed by atoms with van der Waals surface area (Å²) < 4.78 is 5.17. The first-order valence-corrected chi connectivity index (χ1v) is 7.24. The Balaban J connectivity index is 1.73. The van der Waals surface area contributed by atoms with Crippen molar-refractivity contribution in [1.82, 2.24) is 10.2 Å². The highest BCUT2D eigenvalue weighted by atomic mass is 16.5. The van der Waals surface area contributed by atoms with Crippen LogP contribution in [0.3, 0.4) is 0 Å². The van der Waals surface area contributed by atoms with E-state index in [-0.39, 0.29) is 0 Å². The van der Waals surface area contributed by atoms with Crippen LogP contribution in [-0.4, -0.2) is 44.7 Å². The van der Waals surface area contributed by atoms with E-state index >= 15 is 0 Å². The molecule has 1 fully saturated rings. The van der Waals surface area contributed by atoms with Crippen molar-refractivity contribution in [2.24, 2.45) is 5.92 Å². The second-order valence-electron chi connectivity index (χ2n) is 5.69. The van der Waals surface area contributed by atoms with Gasteiger partial charge in [-0.15, -0.1) is 0 Å². The number of methoxy groups -OCH3 is 1. The molecule has 1 aromatic rings. The maximum Gasteiger partial charge on any atom is 0.118 e. The van der Waals surface area contributed by atoms with Gasteiger partial charge in [-0.3, -0.25) is 0 Å². The molecule has 0 saturated carbocycles. The summed E-state index contributed by atoms with van der Waals surface area (Å²) in [6.45, 7) is 5.83. The summed E-state index contributed by atoms with van der Waals surface area (Å²) in [5, 5.41) is 3.71. The zero-order valence-corrected chi connectivity index (χ0v) is 12.4. The van der Waals surface area contributed by atoms with Crippen LogP contribution in [0.4, 0.5) is 0 Å². The van der Waals surface area contributed by atoms with E-state index in [0.29, 0.717) is 6.04 Å². The normalized spacial score (nSPS) is 24.4. The van der Waals surface area contributed by atoms with Gasteiger partial charge in [0.15, 0.2) is 0 Å². The summed E-state index contributed by atoms with van der Waals surface area (Å²) in [5.41, 5.74) is 1.37. The van der Waals surface area contributed by atoms with Gasteiger partial charge in [-0.2, -0.15) is 0 Å². The molecule has 106 valence electrons. The molecule has 0 radical (unpaired) electrons. The Kier molecular flexibility index (Phi) is 5.23. The molecule has 0 bridgehead atoms. The fourth-order valence-corrected chi connectivity index (χ4v) is 2.85. The molecule has 3 heteroatoms. The van der Waals surface area contributed by atoms with Gasteiger partial charge >= 0.3 is 0 Å². The van der Waals surface area contributed by atoms with Gasteiger partial charge in [0.2, 0.25) is 0 Å². The summed E-state index contributed by atoms with van der Waals surface area (Å²) in [7, 11) is 3.92. The van der Waals surface area contributed by atoms with E-state index in [0.717, 1.165) is 24.6 Å². The van der Waals surface area contributed by atoms with Crippen molar-refractivity contribution in [3.8, 4) is 5.75 Å². The average Bonchev–Trinajstić information content (AvgIpc) is 2.42. The Labute approximate surface area is 116 Å². The molecule has 19 heavy (non-hydrogen) atoms. The van der Waals surface area contributed by atoms with Crippen LogP contribution in [0, 0.1) is 5.92 Å². The number of likely N-dealkylation sites (tertiary alicyclic amines) is 1. The summed E-state index contributed by atoms with van der Waals surface area (Å²) in [4.78, 5) is 2.42. The largest absolute Gasteiger partial charge is 0.497 e. The van der Waals surface area contributed by atoms with Crippen LogP contribution in [0.2, 0.25) is 0 Å². The lowest BCUT2D eigenvalue weighted by molar-refractivity contribution is 0.176. The molecule has 0 aromatic heterocycles. The van der Waals surface area contributed by atoms with Crippen LogP contribution < -0.4 is 10.1 Å². The number of nitrogens with one attached hydrogen (secondary N) is 1. The van der Waals surface area contributed by atoms with Crippen molar-refractivity contribution < 1.29 is 4.74 Å². The quantitative estimate of drug-likeness (QED) is 0.880. The highest BCUT2D eigenvalue weighted by Gasteiger charge is 2.23. The molecule has 0 spiro atoms. The molecule has 1 N–H and O–H groups in total. The third kappa shape index (κ3) is 4.22. The Hall–Kier alpha value is -1.06. The van der Waals surface area contributed by atoms with Crippen molar-refractivity contribution in [1.29, 1.82) is 0 Å². The molecule has 1 aromatic carbocycles. The molecule has 1 saturated heterocycles. The third-order valence-corrected chi connectivity index (χ3v) is 4.09. The van der Waals surface area contributed by atoms with Gasteiger partial charge in [-0.05, 0) is 56.6 Å². The lowest BCUT2D eigenvalue weighted by Gasteiger charge is -2.35. The monoisotopic (exact) mass is 262 g/mol. The lowest BCUT2D eigenvalue weighted by Crippen LogP contribution is -2.47. The molecule has 2 rings (SSSR count). The predicted molar refractivity (Wildman–Crippen MR) is 79.8 cm³/mol. The Morgan fingerprint density at radius 2 is 2.05 bits per heavy atom. The van der Waals surface area contributed by atoms with E-state index in [1.54, 1.807) is 7.11 Å². The number of benzene rings is 1. The van der Waals surface area contributed by atoms with Gasteiger partial charge in [0.05, 0.1) is 7.11 Å². The smallest absolute Gasteiger partial charge is 0.118 e. The van der Waals surface area contributed by atoms with Crippen LogP contribution in [0.25, 0.3) is 0 Å². The zero-order valence-electron chi connectivity index (χ0n) is 12.4. The van der Waals surface area contributed by atoms with Crippen molar-refractivity contribution >= 4 is 0 Å². The van der Waals surface area contributed by atoms with Gasteiger partial charge in [-0.1, -0.05) is 19.1 Å². The fourth-order valence-electron chi connectivity index (χ4n) is 2.85. The van der Waals surface area contributed by atoms with Crippen molar-refractivity contribution in [3.05, 3.63) is 29.8 Å². The van der Waals surface area contributed by atoms with Gasteiger partial charge < -0.3 is 15.0 Å². The van der Waals surface area contributed by atoms with E-state index in [1.165, 1.54) is 25.1 Å². The summed E-state index contributed by atoms with van der Waals surface area (Å²) in [6, 6.07) is 9.05. The molecule has 1 aliphatic heterocycles. The van der Waals surface area contributed by atoms with Crippen LogP contribution in [0.15, 0.2) is 24.3 Å². The molecule has 0 amide bonds. The maximum absolute atomic E-state index is 5.17. The van der Waals surface area contributed by atoms with E-state index in [4.69, 9.17) is 4.74 Å². The van der Waals surface area contributed by atoms with Crippen LogP contribution in [0.1, 0.15) is 18.9 Å².